The van der Waals surface area contributed by atoms with Crippen molar-refractivity contribution in [2.24, 2.45) is 0 Å². The van der Waals surface area contributed by atoms with Crippen LogP contribution >= 0.6 is 0 Å². The lowest BCUT2D eigenvalue weighted by Crippen LogP contribution is -2.24. The minimum Gasteiger partial charge on any atom is -0.510 e. The van der Waals surface area contributed by atoms with Gasteiger partial charge in [0.15, 0.2) is 11.6 Å². The van der Waals surface area contributed by atoms with Crippen molar-refractivity contribution in [1.29, 1.82) is 0 Å². The number of allylic oxidation sites excluding steroid dienone is 16. The van der Waals surface area contributed by atoms with Crippen LogP contribution in [-0.2, 0) is 19.2 Å². The molecule has 8 nitrogen and oxygen atoms in total. The highest BCUT2D eigenvalue weighted by Crippen LogP contribution is 2.18. The van der Waals surface area contributed by atoms with E-state index in [2.05, 4.69) is 10.6 Å². The molecule has 0 aromatic rings. The second kappa shape index (κ2) is 13.8. The fourth-order valence-corrected chi connectivity index (χ4v) is 2.83. The van der Waals surface area contributed by atoms with Gasteiger partial charge >= 0.3 is 0 Å². The fourth-order valence-electron chi connectivity index (χ4n) is 2.83. The van der Waals surface area contributed by atoms with E-state index in [1.165, 1.54) is 24.3 Å². The summed E-state index contributed by atoms with van der Waals surface area (Å²) in [7, 11) is 0. The lowest BCUT2D eigenvalue weighted by Gasteiger charge is -2.01. The summed E-state index contributed by atoms with van der Waals surface area (Å²) in [5, 5.41) is 23.8. The van der Waals surface area contributed by atoms with E-state index in [4.69, 9.17) is 0 Å². The summed E-state index contributed by atoms with van der Waals surface area (Å²) in [6, 6.07) is 0. The first kappa shape index (κ1) is 25.8. The quantitative estimate of drug-likeness (QED) is 0.291. The molecule has 0 aromatic carbocycles. The van der Waals surface area contributed by atoms with Crippen LogP contribution in [0.4, 0.5) is 0 Å². The van der Waals surface area contributed by atoms with Crippen LogP contribution < -0.4 is 10.6 Å². The summed E-state index contributed by atoms with van der Waals surface area (Å²) < 4.78 is 0. The van der Waals surface area contributed by atoms with E-state index in [0.717, 1.165) is 0 Å². The molecule has 0 bridgehead atoms. The number of amides is 2. The van der Waals surface area contributed by atoms with Gasteiger partial charge in [-0.15, -0.1) is 0 Å². The molecule has 0 saturated carbocycles. The van der Waals surface area contributed by atoms with Gasteiger partial charge in [0.1, 0.15) is 22.9 Å². The molecule has 2 aliphatic carbocycles. The molecule has 0 fully saturated rings. The van der Waals surface area contributed by atoms with Crippen LogP contribution in [0, 0.1) is 0 Å². The highest BCUT2D eigenvalue weighted by Gasteiger charge is 2.24. The standard InChI is InChI=1S/C26H26N2O6/c29-19-15-16-20(30)25(19)27-23(33)13-11-9-7-5-3-1-2-4-6-8-10-12-14-24(34)28-26-21(31)17-18-22(26)32/h1-14,29,31H,15-18H2,(H,27,33)(H,28,34)/b2-1+,5-3+,6-4+,9-7+,10-8+,13-11+,14-12+. The van der Waals surface area contributed by atoms with Crippen molar-refractivity contribution in [1.82, 2.24) is 10.6 Å². The number of hydrogen-bond acceptors (Lipinski definition) is 6. The van der Waals surface area contributed by atoms with Gasteiger partial charge in [0, 0.05) is 37.8 Å². The third kappa shape index (κ3) is 8.96. The molecule has 4 N–H and O–H groups in total. The topological polar surface area (TPSA) is 133 Å². The van der Waals surface area contributed by atoms with Gasteiger partial charge in [-0.3, -0.25) is 19.2 Å². The van der Waals surface area contributed by atoms with Crippen LogP contribution in [0.5, 0.6) is 0 Å². The molecule has 0 aromatic heterocycles. The van der Waals surface area contributed by atoms with Crippen molar-refractivity contribution < 1.29 is 29.4 Å². The molecule has 2 aliphatic rings. The number of Topliss-reactive ketones (excluding diaryl/α,β-unsaturated/α-hetero) is 2. The number of ketones is 2. The predicted molar refractivity (Wildman–Crippen MR) is 128 cm³/mol. The molecule has 2 rings (SSSR count). The van der Waals surface area contributed by atoms with Gasteiger partial charge in [0.25, 0.3) is 0 Å². The second-order valence-corrected chi connectivity index (χ2v) is 7.11. The maximum Gasteiger partial charge on any atom is 0.248 e. The molecule has 0 saturated heterocycles. The largest absolute Gasteiger partial charge is 0.510 e. The van der Waals surface area contributed by atoms with Crippen LogP contribution in [0.25, 0.3) is 0 Å². The van der Waals surface area contributed by atoms with Gasteiger partial charge in [-0.05, 0) is 0 Å². The fraction of sp³-hybridized carbons (Fsp3) is 0.154. The zero-order chi connectivity index (χ0) is 24.8. The minimum absolute atomic E-state index is 0.0240. The Bertz CT molecular complexity index is 1010. The Labute approximate surface area is 197 Å². The van der Waals surface area contributed by atoms with Gasteiger partial charge in [-0.2, -0.15) is 0 Å². The number of nitrogens with one attached hydrogen (secondary N) is 2. The Balaban J connectivity index is 1.63. The van der Waals surface area contributed by atoms with Crippen molar-refractivity contribution in [2.75, 3.05) is 0 Å². The van der Waals surface area contributed by atoms with Gasteiger partial charge < -0.3 is 20.8 Å². The number of carbonyl (C=O) groups is 4. The first-order valence-corrected chi connectivity index (χ1v) is 10.6. The number of aliphatic hydroxyl groups is 2. The molecule has 176 valence electrons. The van der Waals surface area contributed by atoms with Gasteiger partial charge in [0.2, 0.25) is 11.8 Å². The molecule has 0 unspecified atom stereocenters. The molecule has 8 heteroatoms. The molecule has 34 heavy (non-hydrogen) atoms. The highest BCUT2D eigenvalue weighted by molar-refractivity contribution is 6.04. The number of carbonyl (C=O) groups excluding carboxylic acids is 4. The minimum atomic E-state index is -0.486. The summed E-state index contributed by atoms with van der Waals surface area (Å²) >= 11 is 0. The number of hydrogen-bond donors (Lipinski definition) is 4. The van der Waals surface area contributed by atoms with Crippen molar-refractivity contribution in [3.63, 3.8) is 0 Å². The normalized spacial score (nSPS) is 17.6. The van der Waals surface area contributed by atoms with Gasteiger partial charge in [-0.25, -0.2) is 0 Å². The third-order valence-electron chi connectivity index (χ3n) is 4.53. The first-order chi connectivity index (χ1) is 16.4. The highest BCUT2D eigenvalue weighted by atomic mass is 16.3. The SMILES string of the molecule is O=C(/C=C/C=C/C=C/C=C/C=C/C=C/C=C/C(=O)NC1=C(O)CCC1=O)NC1=C(O)CCC1=O. The molecule has 0 atom stereocenters. The van der Waals surface area contributed by atoms with E-state index in [1.54, 1.807) is 60.8 Å². The maximum absolute atomic E-state index is 11.7. The summed E-state index contributed by atoms with van der Waals surface area (Å²) in [6.07, 6.45) is 23.9. The lowest BCUT2D eigenvalue weighted by molar-refractivity contribution is -0.119. The summed E-state index contributed by atoms with van der Waals surface area (Å²) in [6.45, 7) is 0. The monoisotopic (exact) mass is 462 g/mol. The van der Waals surface area contributed by atoms with Crippen LogP contribution in [0.2, 0.25) is 0 Å². The Morgan fingerprint density at radius 1 is 0.529 bits per heavy atom. The van der Waals surface area contributed by atoms with E-state index in [-0.39, 0.29) is 60.2 Å². The zero-order valence-electron chi connectivity index (χ0n) is 18.4. The summed E-state index contributed by atoms with van der Waals surface area (Å²) in [5.74, 6) is -1.69. The molecule has 0 heterocycles. The average Bonchev–Trinajstić information content (AvgIpc) is 3.29. The molecular formula is C26H26N2O6. The Hall–Kier alpha value is -4.46. The van der Waals surface area contributed by atoms with Crippen LogP contribution in [0.1, 0.15) is 25.7 Å². The van der Waals surface area contributed by atoms with Crippen molar-refractivity contribution in [2.45, 2.75) is 25.7 Å². The van der Waals surface area contributed by atoms with Crippen LogP contribution in [-0.4, -0.2) is 33.6 Å². The zero-order valence-corrected chi connectivity index (χ0v) is 18.4. The van der Waals surface area contributed by atoms with Crippen molar-refractivity contribution in [3.05, 3.63) is 108 Å². The van der Waals surface area contributed by atoms with Crippen LogP contribution in [0.3, 0.4) is 0 Å². The van der Waals surface area contributed by atoms with Crippen LogP contribution in [0.15, 0.2) is 108 Å². The number of rotatable bonds is 10. The molecule has 0 spiro atoms. The van der Waals surface area contributed by atoms with E-state index >= 15 is 0 Å². The average molecular weight is 463 g/mol. The van der Waals surface area contributed by atoms with Gasteiger partial charge in [0.05, 0.1) is 0 Å². The Kier molecular flexibility index (Phi) is 10.5. The van der Waals surface area contributed by atoms with Gasteiger partial charge in [-0.1, -0.05) is 72.9 Å². The van der Waals surface area contributed by atoms with Crippen molar-refractivity contribution >= 4 is 23.4 Å². The predicted octanol–water partition coefficient (Wildman–Crippen LogP) is 3.38. The van der Waals surface area contributed by atoms with E-state index in [0.29, 0.717) is 0 Å². The van der Waals surface area contributed by atoms with E-state index < -0.39 is 11.8 Å². The molecule has 2 amide bonds. The second-order valence-electron chi connectivity index (χ2n) is 7.11. The summed E-state index contributed by atoms with van der Waals surface area (Å²) in [4.78, 5) is 46.3. The smallest absolute Gasteiger partial charge is 0.248 e. The first-order valence-electron chi connectivity index (χ1n) is 10.6. The Morgan fingerprint density at radius 3 is 1.09 bits per heavy atom. The van der Waals surface area contributed by atoms with E-state index in [9.17, 15) is 29.4 Å². The Morgan fingerprint density at radius 2 is 0.824 bits per heavy atom. The lowest BCUT2D eigenvalue weighted by atomic mass is 10.3. The molecule has 0 radical (unpaired) electrons. The third-order valence-corrected chi connectivity index (χ3v) is 4.53. The maximum atomic E-state index is 11.7. The van der Waals surface area contributed by atoms with E-state index in [1.807, 2.05) is 0 Å². The molecular weight excluding hydrogens is 436 g/mol. The number of aliphatic hydroxyl groups excluding tert-OH is 2. The van der Waals surface area contributed by atoms with Crippen molar-refractivity contribution in [3.8, 4) is 0 Å². The summed E-state index contributed by atoms with van der Waals surface area (Å²) in [5.41, 5.74) is -0.0479. The molecule has 0 aliphatic heterocycles.